The van der Waals surface area contributed by atoms with Crippen molar-refractivity contribution in [1.82, 2.24) is 10.2 Å². The van der Waals surface area contributed by atoms with Gasteiger partial charge in [0.05, 0.1) is 0 Å². The number of hydrogen-bond acceptors (Lipinski definition) is 2. The quantitative estimate of drug-likeness (QED) is 0.756. The Morgan fingerprint density at radius 1 is 1.27 bits per heavy atom. The van der Waals surface area contributed by atoms with Gasteiger partial charge in [-0.05, 0) is 24.8 Å². The van der Waals surface area contributed by atoms with Crippen molar-refractivity contribution in [3.05, 3.63) is 0 Å². The van der Waals surface area contributed by atoms with Crippen LogP contribution in [0.15, 0.2) is 0 Å². The van der Waals surface area contributed by atoms with Crippen molar-refractivity contribution in [2.45, 2.75) is 53.1 Å². The first kappa shape index (κ1) is 13.0. The van der Waals surface area contributed by atoms with Crippen LogP contribution in [0.2, 0.25) is 0 Å². The van der Waals surface area contributed by atoms with E-state index in [1.807, 2.05) is 0 Å². The van der Waals surface area contributed by atoms with Crippen LogP contribution in [0.4, 0.5) is 0 Å². The van der Waals surface area contributed by atoms with Crippen molar-refractivity contribution in [3.8, 4) is 0 Å². The zero-order chi connectivity index (χ0) is 11.6. The van der Waals surface area contributed by atoms with Gasteiger partial charge in [0.2, 0.25) is 0 Å². The zero-order valence-corrected chi connectivity index (χ0v) is 11.3. The van der Waals surface area contributed by atoms with Crippen LogP contribution < -0.4 is 5.32 Å². The van der Waals surface area contributed by atoms with Gasteiger partial charge in [-0.3, -0.25) is 4.90 Å². The number of likely N-dealkylation sites (N-methyl/N-ethyl adjacent to an activating group) is 1. The zero-order valence-electron chi connectivity index (χ0n) is 11.3. The van der Waals surface area contributed by atoms with Crippen LogP contribution in [0.1, 0.15) is 41.0 Å². The summed E-state index contributed by atoms with van der Waals surface area (Å²) in [4.78, 5) is 2.59. The minimum Gasteiger partial charge on any atom is -0.314 e. The van der Waals surface area contributed by atoms with Gasteiger partial charge in [0.15, 0.2) is 0 Å². The van der Waals surface area contributed by atoms with Gasteiger partial charge >= 0.3 is 0 Å². The molecule has 1 aliphatic rings. The second kappa shape index (κ2) is 4.84. The first-order valence-corrected chi connectivity index (χ1v) is 6.24. The van der Waals surface area contributed by atoms with Crippen LogP contribution in [0.25, 0.3) is 0 Å². The first-order chi connectivity index (χ1) is 6.81. The van der Waals surface area contributed by atoms with Gasteiger partial charge in [-0.1, -0.05) is 34.6 Å². The lowest BCUT2D eigenvalue weighted by Crippen LogP contribution is -2.58. The summed E-state index contributed by atoms with van der Waals surface area (Å²) in [6, 6.07) is 1.40. The SMILES string of the molecule is CC(C)[C@H]1CNCC(CC(C)(C)C)N1C. The average molecular weight is 212 g/mol. The first-order valence-electron chi connectivity index (χ1n) is 6.24. The van der Waals surface area contributed by atoms with E-state index in [1.54, 1.807) is 0 Å². The molecule has 0 aliphatic carbocycles. The van der Waals surface area contributed by atoms with Gasteiger partial charge in [-0.25, -0.2) is 0 Å². The Kier molecular flexibility index (Phi) is 4.19. The molecule has 0 saturated carbocycles. The van der Waals surface area contributed by atoms with Gasteiger partial charge in [-0.2, -0.15) is 0 Å². The molecule has 1 unspecified atom stereocenters. The summed E-state index contributed by atoms with van der Waals surface area (Å²) < 4.78 is 0. The van der Waals surface area contributed by atoms with E-state index in [1.165, 1.54) is 6.42 Å². The molecule has 1 rings (SSSR count). The molecule has 0 aromatic carbocycles. The normalized spacial score (nSPS) is 29.8. The lowest BCUT2D eigenvalue weighted by molar-refractivity contribution is 0.0724. The molecule has 1 fully saturated rings. The van der Waals surface area contributed by atoms with E-state index in [0.717, 1.165) is 19.0 Å². The molecule has 0 radical (unpaired) electrons. The van der Waals surface area contributed by atoms with Crippen molar-refractivity contribution < 1.29 is 0 Å². The fraction of sp³-hybridized carbons (Fsp3) is 1.00. The Bertz CT molecular complexity index is 193. The highest BCUT2D eigenvalue weighted by Gasteiger charge is 2.31. The molecule has 0 amide bonds. The van der Waals surface area contributed by atoms with Gasteiger partial charge in [0, 0.05) is 25.2 Å². The fourth-order valence-electron chi connectivity index (χ4n) is 2.59. The van der Waals surface area contributed by atoms with Crippen LogP contribution in [-0.4, -0.2) is 37.1 Å². The Morgan fingerprint density at radius 3 is 2.33 bits per heavy atom. The Balaban J connectivity index is 2.58. The second-order valence-corrected chi connectivity index (χ2v) is 6.55. The summed E-state index contributed by atoms with van der Waals surface area (Å²) in [5.74, 6) is 0.741. The maximum atomic E-state index is 3.58. The molecule has 0 aromatic rings. The van der Waals surface area contributed by atoms with Gasteiger partial charge in [0.25, 0.3) is 0 Å². The highest BCUT2D eigenvalue weighted by Crippen LogP contribution is 2.26. The molecule has 0 aromatic heterocycles. The molecule has 15 heavy (non-hydrogen) atoms. The number of nitrogens with zero attached hydrogens (tertiary/aromatic N) is 1. The molecule has 1 N–H and O–H groups in total. The summed E-state index contributed by atoms with van der Waals surface area (Å²) in [5.41, 5.74) is 0.430. The molecule has 1 saturated heterocycles. The summed E-state index contributed by atoms with van der Waals surface area (Å²) in [7, 11) is 2.29. The summed E-state index contributed by atoms with van der Waals surface area (Å²) in [6.45, 7) is 13.9. The maximum absolute atomic E-state index is 3.58. The van der Waals surface area contributed by atoms with E-state index in [9.17, 15) is 0 Å². The average Bonchev–Trinajstić information content (AvgIpc) is 2.05. The van der Waals surface area contributed by atoms with Crippen molar-refractivity contribution in [3.63, 3.8) is 0 Å². The van der Waals surface area contributed by atoms with Crippen LogP contribution >= 0.6 is 0 Å². The molecule has 1 aliphatic heterocycles. The predicted octanol–water partition coefficient (Wildman–Crippen LogP) is 2.35. The molecule has 2 atom stereocenters. The van der Waals surface area contributed by atoms with E-state index >= 15 is 0 Å². The highest BCUT2D eigenvalue weighted by molar-refractivity contribution is 4.88. The number of rotatable bonds is 2. The van der Waals surface area contributed by atoms with Gasteiger partial charge in [0.1, 0.15) is 0 Å². The van der Waals surface area contributed by atoms with Crippen molar-refractivity contribution in [2.75, 3.05) is 20.1 Å². The van der Waals surface area contributed by atoms with E-state index in [-0.39, 0.29) is 0 Å². The lowest BCUT2D eigenvalue weighted by atomic mass is 9.85. The standard InChI is InChI=1S/C13H28N2/c1-10(2)12-9-14-8-11(15(12)6)7-13(3,4)5/h10-12,14H,7-9H2,1-6H3/t11?,12-/m1/s1. The maximum Gasteiger partial charge on any atom is 0.0244 e. The van der Waals surface area contributed by atoms with Crippen LogP contribution in [0.5, 0.6) is 0 Å². The predicted molar refractivity (Wildman–Crippen MR) is 67.1 cm³/mol. The van der Waals surface area contributed by atoms with E-state index in [4.69, 9.17) is 0 Å². The molecular formula is C13H28N2. The minimum absolute atomic E-state index is 0.430. The third-order valence-electron chi connectivity index (χ3n) is 3.45. The third-order valence-corrected chi connectivity index (χ3v) is 3.45. The Morgan fingerprint density at radius 2 is 1.87 bits per heavy atom. The molecular weight excluding hydrogens is 184 g/mol. The van der Waals surface area contributed by atoms with Crippen LogP contribution in [-0.2, 0) is 0 Å². The summed E-state index contributed by atoms with van der Waals surface area (Å²) in [6.07, 6.45) is 1.28. The lowest BCUT2D eigenvalue weighted by Gasteiger charge is -2.44. The third kappa shape index (κ3) is 3.76. The summed E-state index contributed by atoms with van der Waals surface area (Å²) >= 11 is 0. The molecule has 1 heterocycles. The molecule has 2 heteroatoms. The van der Waals surface area contributed by atoms with Crippen molar-refractivity contribution in [2.24, 2.45) is 11.3 Å². The summed E-state index contributed by atoms with van der Waals surface area (Å²) in [5, 5.41) is 3.58. The van der Waals surface area contributed by atoms with Crippen molar-refractivity contribution >= 4 is 0 Å². The topological polar surface area (TPSA) is 15.3 Å². The van der Waals surface area contributed by atoms with E-state index < -0.39 is 0 Å². The van der Waals surface area contributed by atoms with E-state index in [0.29, 0.717) is 17.5 Å². The van der Waals surface area contributed by atoms with Gasteiger partial charge in [-0.15, -0.1) is 0 Å². The Hall–Kier alpha value is -0.0800. The van der Waals surface area contributed by atoms with Gasteiger partial charge < -0.3 is 5.32 Å². The molecule has 0 spiro atoms. The monoisotopic (exact) mass is 212 g/mol. The second-order valence-electron chi connectivity index (χ2n) is 6.55. The van der Waals surface area contributed by atoms with Crippen LogP contribution in [0, 0.1) is 11.3 Å². The molecule has 0 bridgehead atoms. The fourth-order valence-corrected chi connectivity index (χ4v) is 2.59. The van der Waals surface area contributed by atoms with E-state index in [2.05, 4.69) is 51.9 Å². The molecule has 2 nitrogen and oxygen atoms in total. The van der Waals surface area contributed by atoms with Crippen molar-refractivity contribution in [1.29, 1.82) is 0 Å². The molecule has 90 valence electrons. The minimum atomic E-state index is 0.430. The number of nitrogens with one attached hydrogen (secondary N) is 1. The van der Waals surface area contributed by atoms with Crippen LogP contribution in [0.3, 0.4) is 0 Å². The number of piperazine rings is 1. The highest BCUT2D eigenvalue weighted by atomic mass is 15.2. The Labute approximate surface area is 95.4 Å². The smallest absolute Gasteiger partial charge is 0.0244 e. The largest absolute Gasteiger partial charge is 0.314 e. The number of hydrogen-bond donors (Lipinski definition) is 1.